The van der Waals surface area contributed by atoms with Gasteiger partial charge in [0.15, 0.2) is 0 Å². The lowest BCUT2D eigenvalue weighted by molar-refractivity contribution is -0.115. The molecule has 1 saturated carbocycles. The van der Waals surface area contributed by atoms with E-state index in [9.17, 15) is 4.79 Å². The van der Waals surface area contributed by atoms with Crippen molar-refractivity contribution in [2.45, 2.75) is 43.1 Å². The standard InChI is InChI=1S/C14H17Cl2NOS/c1-9(19-10-5-2-3-6-10)14(18)17-12-8-4-7-11(15)13(12)16/h4,7-10H,2-3,5-6H2,1H3,(H,17,18)/t9-/m0/s1. The number of carbonyl (C=O) groups excluding carboxylic acids is 1. The summed E-state index contributed by atoms with van der Waals surface area (Å²) in [6.07, 6.45) is 5.01. The molecule has 0 saturated heterocycles. The number of carbonyl (C=O) groups is 1. The van der Waals surface area contributed by atoms with Gasteiger partial charge in [-0.05, 0) is 31.9 Å². The van der Waals surface area contributed by atoms with Crippen LogP contribution in [0.5, 0.6) is 0 Å². The van der Waals surface area contributed by atoms with Crippen molar-refractivity contribution in [1.29, 1.82) is 0 Å². The highest BCUT2D eigenvalue weighted by atomic mass is 35.5. The van der Waals surface area contributed by atoms with Crippen molar-refractivity contribution in [2.24, 2.45) is 0 Å². The van der Waals surface area contributed by atoms with E-state index in [1.807, 2.05) is 6.92 Å². The topological polar surface area (TPSA) is 29.1 Å². The zero-order valence-corrected chi connectivity index (χ0v) is 13.1. The monoisotopic (exact) mass is 317 g/mol. The van der Waals surface area contributed by atoms with Gasteiger partial charge in [-0.25, -0.2) is 0 Å². The molecule has 1 aliphatic carbocycles. The molecule has 104 valence electrons. The SMILES string of the molecule is C[C@H](SC1CCCC1)C(=O)Nc1cccc(Cl)c1Cl. The van der Waals surface area contributed by atoms with E-state index in [0.29, 0.717) is 21.0 Å². The summed E-state index contributed by atoms with van der Waals surface area (Å²) in [5, 5.41) is 4.25. The largest absolute Gasteiger partial charge is 0.324 e. The minimum atomic E-state index is -0.0712. The molecule has 1 aromatic carbocycles. The van der Waals surface area contributed by atoms with Crippen molar-refractivity contribution in [3.63, 3.8) is 0 Å². The van der Waals surface area contributed by atoms with Gasteiger partial charge in [-0.15, -0.1) is 11.8 Å². The molecule has 0 aliphatic heterocycles. The van der Waals surface area contributed by atoms with Crippen LogP contribution in [0.4, 0.5) is 5.69 Å². The molecule has 2 nitrogen and oxygen atoms in total. The van der Waals surface area contributed by atoms with Gasteiger partial charge in [0.1, 0.15) is 0 Å². The van der Waals surface area contributed by atoms with Gasteiger partial charge in [0.2, 0.25) is 5.91 Å². The highest BCUT2D eigenvalue weighted by molar-refractivity contribution is 8.01. The Kier molecular flexibility index (Phi) is 5.43. The van der Waals surface area contributed by atoms with Crippen LogP contribution in [0.15, 0.2) is 18.2 Å². The van der Waals surface area contributed by atoms with Gasteiger partial charge >= 0.3 is 0 Å². The second-order valence-corrected chi connectivity index (χ2v) is 7.21. The van der Waals surface area contributed by atoms with Crippen LogP contribution in [0.1, 0.15) is 32.6 Å². The maximum absolute atomic E-state index is 12.1. The van der Waals surface area contributed by atoms with Crippen LogP contribution in [0, 0.1) is 0 Å². The number of nitrogens with one attached hydrogen (secondary N) is 1. The summed E-state index contributed by atoms with van der Waals surface area (Å²) in [5.41, 5.74) is 0.582. The van der Waals surface area contributed by atoms with E-state index in [1.165, 1.54) is 25.7 Å². The third-order valence-corrected chi connectivity index (χ3v) is 5.57. The summed E-state index contributed by atoms with van der Waals surface area (Å²) in [5.74, 6) is -0.0129. The van der Waals surface area contributed by atoms with E-state index >= 15 is 0 Å². The van der Waals surface area contributed by atoms with Gasteiger partial charge in [-0.2, -0.15) is 0 Å². The number of amides is 1. The highest BCUT2D eigenvalue weighted by Crippen LogP contribution is 2.33. The first kappa shape index (κ1) is 15.0. The predicted molar refractivity (Wildman–Crippen MR) is 84.4 cm³/mol. The molecule has 0 aromatic heterocycles. The van der Waals surface area contributed by atoms with Crippen LogP contribution >= 0.6 is 35.0 Å². The average molecular weight is 318 g/mol. The Hall–Kier alpha value is -0.380. The molecule has 1 aliphatic rings. The van der Waals surface area contributed by atoms with Crippen molar-refractivity contribution >= 4 is 46.6 Å². The molecule has 0 heterocycles. The van der Waals surface area contributed by atoms with E-state index < -0.39 is 0 Å². The Bertz CT molecular complexity index is 461. The van der Waals surface area contributed by atoms with Crippen molar-refractivity contribution in [3.8, 4) is 0 Å². The predicted octanol–water partition coefficient (Wildman–Crippen LogP) is 5.00. The van der Waals surface area contributed by atoms with Crippen LogP contribution in [0.2, 0.25) is 10.0 Å². The van der Waals surface area contributed by atoms with Crippen LogP contribution in [-0.2, 0) is 4.79 Å². The third-order valence-electron chi connectivity index (χ3n) is 3.28. The molecular formula is C14H17Cl2NOS. The number of anilines is 1. The van der Waals surface area contributed by atoms with Gasteiger partial charge in [-0.3, -0.25) is 4.79 Å². The Morgan fingerprint density at radius 3 is 2.74 bits per heavy atom. The van der Waals surface area contributed by atoms with E-state index in [4.69, 9.17) is 23.2 Å². The summed E-state index contributed by atoms with van der Waals surface area (Å²) in [6, 6.07) is 5.24. The number of rotatable bonds is 4. The van der Waals surface area contributed by atoms with Crippen molar-refractivity contribution in [2.75, 3.05) is 5.32 Å². The van der Waals surface area contributed by atoms with E-state index in [0.717, 1.165) is 0 Å². The zero-order chi connectivity index (χ0) is 13.8. The molecule has 1 atom stereocenters. The molecule has 0 radical (unpaired) electrons. The molecule has 0 spiro atoms. The Morgan fingerprint density at radius 2 is 2.05 bits per heavy atom. The number of hydrogen-bond acceptors (Lipinski definition) is 2. The Labute approximate surface area is 128 Å². The first-order valence-corrected chi connectivity index (χ1v) is 8.18. The zero-order valence-electron chi connectivity index (χ0n) is 10.8. The fourth-order valence-corrected chi connectivity index (χ4v) is 3.92. The summed E-state index contributed by atoms with van der Waals surface area (Å²) < 4.78 is 0. The third kappa shape index (κ3) is 4.04. The Morgan fingerprint density at radius 1 is 1.37 bits per heavy atom. The molecule has 5 heteroatoms. The molecule has 2 rings (SSSR count). The quantitative estimate of drug-likeness (QED) is 0.847. The molecule has 0 bridgehead atoms. The van der Waals surface area contributed by atoms with Crippen LogP contribution in [-0.4, -0.2) is 16.4 Å². The van der Waals surface area contributed by atoms with Gasteiger partial charge in [0.05, 0.1) is 21.0 Å². The molecule has 0 unspecified atom stereocenters. The summed E-state index contributed by atoms with van der Waals surface area (Å²) in [4.78, 5) is 12.1. The molecule has 1 fully saturated rings. The van der Waals surface area contributed by atoms with Gasteiger partial charge in [0.25, 0.3) is 0 Å². The summed E-state index contributed by atoms with van der Waals surface area (Å²) >= 11 is 13.7. The van der Waals surface area contributed by atoms with E-state index in [2.05, 4.69) is 5.32 Å². The van der Waals surface area contributed by atoms with E-state index in [-0.39, 0.29) is 11.2 Å². The summed E-state index contributed by atoms with van der Waals surface area (Å²) in [6.45, 7) is 1.94. The van der Waals surface area contributed by atoms with Crippen molar-refractivity contribution in [3.05, 3.63) is 28.2 Å². The van der Waals surface area contributed by atoms with Gasteiger partial charge < -0.3 is 5.32 Å². The maximum atomic E-state index is 12.1. The highest BCUT2D eigenvalue weighted by Gasteiger charge is 2.22. The fraction of sp³-hybridized carbons (Fsp3) is 0.500. The lowest BCUT2D eigenvalue weighted by Crippen LogP contribution is -2.24. The second kappa shape index (κ2) is 6.87. The molecule has 19 heavy (non-hydrogen) atoms. The Balaban J connectivity index is 1.94. The van der Waals surface area contributed by atoms with Crippen LogP contribution in [0.3, 0.4) is 0 Å². The second-order valence-electron chi connectivity index (χ2n) is 4.78. The van der Waals surface area contributed by atoms with Gasteiger partial charge in [0, 0.05) is 5.25 Å². The normalized spacial score (nSPS) is 17.4. The first-order chi connectivity index (χ1) is 9.08. The van der Waals surface area contributed by atoms with Crippen LogP contribution < -0.4 is 5.32 Å². The molecule has 1 amide bonds. The van der Waals surface area contributed by atoms with Crippen molar-refractivity contribution in [1.82, 2.24) is 0 Å². The lowest BCUT2D eigenvalue weighted by Gasteiger charge is -2.16. The van der Waals surface area contributed by atoms with E-state index in [1.54, 1.807) is 30.0 Å². The van der Waals surface area contributed by atoms with Gasteiger partial charge in [-0.1, -0.05) is 42.1 Å². The molecule has 1 N–H and O–H groups in total. The summed E-state index contributed by atoms with van der Waals surface area (Å²) in [7, 11) is 0. The smallest absolute Gasteiger partial charge is 0.237 e. The lowest BCUT2D eigenvalue weighted by atomic mass is 10.3. The number of benzene rings is 1. The number of halogens is 2. The minimum Gasteiger partial charge on any atom is -0.324 e. The molecular weight excluding hydrogens is 301 g/mol. The average Bonchev–Trinajstić information content (AvgIpc) is 2.87. The maximum Gasteiger partial charge on any atom is 0.237 e. The van der Waals surface area contributed by atoms with Crippen molar-refractivity contribution < 1.29 is 4.79 Å². The number of thioether (sulfide) groups is 1. The first-order valence-electron chi connectivity index (χ1n) is 6.48. The van der Waals surface area contributed by atoms with Crippen LogP contribution in [0.25, 0.3) is 0 Å². The number of hydrogen-bond donors (Lipinski definition) is 1. The molecule has 1 aromatic rings. The fourth-order valence-electron chi connectivity index (χ4n) is 2.21. The minimum absolute atomic E-state index is 0.0129.